The van der Waals surface area contributed by atoms with Crippen LogP contribution in [0.15, 0.2) is 24.3 Å². The molecule has 0 atom stereocenters. The van der Waals surface area contributed by atoms with Crippen molar-refractivity contribution in [3.63, 3.8) is 0 Å². The molecule has 0 heterocycles. The Hall–Kier alpha value is -1.26. The van der Waals surface area contributed by atoms with E-state index in [0.29, 0.717) is 0 Å². The van der Waals surface area contributed by atoms with E-state index in [0.717, 1.165) is 18.8 Å². The predicted molar refractivity (Wildman–Crippen MR) is 108 cm³/mol. The lowest BCUT2D eigenvalue weighted by molar-refractivity contribution is -0.124. The highest BCUT2D eigenvalue weighted by molar-refractivity contribution is 5.85. The summed E-state index contributed by atoms with van der Waals surface area (Å²) < 4.78 is 5.52. The molecule has 0 saturated heterocycles. The number of benzene rings is 1. The first kappa shape index (κ1) is 23.7. The first-order valence-corrected chi connectivity index (χ1v) is 9.14. The Balaban J connectivity index is 0.00000576. The number of carbonyl (C=O) groups excluding carboxylic acids is 1. The summed E-state index contributed by atoms with van der Waals surface area (Å²) in [5, 5.41) is 6.35. The molecule has 0 bridgehead atoms. The lowest BCUT2D eigenvalue weighted by Crippen LogP contribution is -2.43. The van der Waals surface area contributed by atoms with Crippen molar-refractivity contribution >= 4 is 18.3 Å². The number of halogens is 1. The highest BCUT2D eigenvalue weighted by Gasteiger charge is 2.13. The third-order valence-corrected chi connectivity index (χ3v) is 3.59. The molecule has 144 valence electrons. The molecule has 1 amide bonds. The van der Waals surface area contributed by atoms with Gasteiger partial charge in [0, 0.05) is 12.1 Å². The van der Waals surface area contributed by atoms with Crippen molar-refractivity contribution in [1.29, 1.82) is 0 Å². The molecule has 4 nitrogen and oxygen atoms in total. The van der Waals surface area contributed by atoms with Crippen molar-refractivity contribution in [1.82, 2.24) is 10.6 Å². The lowest BCUT2D eigenvalue weighted by Gasteiger charge is -2.20. The fourth-order valence-corrected chi connectivity index (χ4v) is 2.39. The van der Waals surface area contributed by atoms with Crippen molar-refractivity contribution < 1.29 is 9.53 Å². The average molecular weight is 371 g/mol. The van der Waals surface area contributed by atoms with E-state index in [4.69, 9.17) is 4.74 Å². The SMILES string of the molecule is CCCCCCCNCc1ccc(OCC(=O)NC(C)(C)C)cc1.Cl. The van der Waals surface area contributed by atoms with Gasteiger partial charge in [0.2, 0.25) is 0 Å². The van der Waals surface area contributed by atoms with Gasteiger partial charge in [0.05, 0.1) is 0 Å². The number of nitrogens with one attached hydrogen (secondary N) is 2. The van der Waals surface area contributed by atoms with Crippen LogP contribution in [0.25, 0.3) is 0 Å². The van der Waals surface area contributed by atoms with E-state index in [1.54, 1.807) is 0 Å². The topological polar surface area (TPSA) is 50.4 Å². The molecule has 0 aliphatic heterocycles. The molecule has 25 heavy (non-hydrogen) atoms. The quantitative estimate of drug-likeness (QED) is 0.565. The summed E-state index contributed by atoms with van der Waals surface area (Å²) in [6.45, 7) is 10.1. The number of hydrogen-bond acceptors (Lipinski definition) is 3. The molecular weight excluding hydrogens is 336 g/mol. The first-order valence-electron chi connectivity index (χ1n) is 9.14. The molecule has 0 spiro atoms. The summed E-state index contributed by atoms with van der Waals surface area (Å²) in [4.78, 5) is 11.7. The first-order chi connectivity index (χ1) is 11.4. The molecular formula is C20H35ClN2O2. The van der Waals surface area contributed by atoms with Crippen LogP contribution < -0.4 is 15.4 Å². The molecule has 0 saturated carbocycles. The smallest absolute Gasteiger partial charge is 0.258 e. The maximum Gasteiger partial charge on any atom is 0.258 e. The molecule has 0 radical (unpaired) electrons. The van der Waals surface area contributed by atoms with E-state index in [1.807, 2.05) is 45.0 Å². The molecule has 0 unspecified atom stereocenters. The third kappa shape index (κ3) is 12.7. The van der Waals surface area contributed by atoms with Crippen LogP contribution in [0.4, 0.5) is 0 Å². The minimum atomic E-state index is -0.230. The van der Waals surface area contributed by atoms with Crippen molar-refractivity contribution in [2.24, 2.45) is 0 Å². The van der Waals surface area contributed by atoms with Crippen LogP contribution in [0, 0.1) is 0 Å². The van der Waals surface area contributed by atoms with Gasteiger partial charge in [-0.1, -0.05) is 44.7 Å². The van der Waals surface area contributed by atoms with Crippen LogP contribution in [-0.2, 0) is 11.3 Å². The number of amides is 1. The van der Waals surface area contributed by atoms with Gasteiger partial charge >= 0.3 is 0 Å². The van der Waals surface area contributed by atoms with Crippen molar-refractivity contribution in [3.8, 4) is 5.75 Å². The summed E-state index contributed by atoms with van der Waals surface area (Å²) in [5.74, 6) is 0.624. The van der Waals surface area contributed by atoms with Crippen LogP contribution in [0.5, 0.6) is 5.75 Å². The zero-order valence-corrected chi connectivity index (χ0v) is 17.0. The van der Waals surface area contributed by atoms with Crippen LogP contribution >= 0.6 is 12.4 Å². The number of hydrogen-bond donors (Lipinski definition) is 2. The fourth-order valence-electron chi connectivity index (χ4n) is 2.39. The Bertz CT molecular complexity index is 470. The average Bonchev–Trinajstić information content (AvgIpc) is 2.51. The van der Waals surface area contributed by atoms with Gasteiger partial charge < -0.3 is 15.4 Å². The Morgan fingerprint density at radius 3 is 2.28 bits per heavy atom. The van der Waals surface area contributed by atoms with E-state index in [1.165, 1.54) is 37.7 Å². The molecule has 1 aromatic carbocycles. The van der Waals surface area contributed by atoms with Crippen LogP contribution in [0.2, 0.25) is 0 Å². The molecule has 0 aliphatic carbocycles. The maximum absolute atomic E-state index is 11.7. The van der Waals surface area contributed by atoms with Gasteiger partial charge in [-0.25, -0.2) is 0 Å². The molecule has 0 aromatic heterocycles. The lowest BCUT2D eigenvalue weighted by atomic mass is 10.1. The van der Waals surface area contributed by atoms with Crippen molar-refractivity contribution in [3.05, 3.63) is 29.8 Å². The van der Waals surface area contributed by atoms with Gasteiger partial charge in [-0.2, -0.15) is 0 Å². The number of unbranched alkanes of at least 4 members (excludes halogenated alkanes) is 4. The second-order valence-electron chi connectivity index (χ2n) is 7.32. The Kier molecular flexibility index (Phi) is 12.4. The Morgan fingerprint density at radius 1 is 1.04 bits per heavy atom. The summed E-state index contributed by atoms with van der Waals surface area (Å²) >= 11 is 0. The van der Waals surface area contributed by atoms with E-state index in [9.17, 15) is 4.79 Å². The number of rotatable bonds is 11. The Labute approximate surface area is 159 Å². The summed E-state index contributed by atoms with van der Waals surface area (Å²) in [6, 6.07) is 7.92. The molecule has 0 aliphatic rings. The van der Waals surface area contributed by atoms with Gasteiger partial charge in [0.15, 0.2) is 6.61 Å². The van der Waals surface area contributed by atoms with Crippen LogP contribution in [0.3, 0.4) is 0 Å². The second kappa shape index (κ2) is 13.0. The van der Waals surface area contributed by atoms with Crippen LogP contribution in [-0.4, -0.2) is 24.6 Å². The van der Waals surface area contributed by atoms with Crippen molar-refractivity contribution in [2.75, 3.05) is 13.2 Å². The van der Waals surface area contributed by atoms with E-state index >= 15 is 0 Å². The summed E-state index contributed by atoms with van der Waals surface area (Å²) in [7, 11) is 0. The molecule has 1 rings (SSSR count). The zero-order valence-electron chi connectivity index (χ0n) is 16.2. The standard InChI is InChI=1S/C20H34N2O2.ClH/c1-5-6-7-8-9-14-21-15-17-10-12-18(13-11-17)24-16-19(23)22-20(2,3)4;/h10-13,21H,5-9,14-16H2,1-4H3,(H,22,23);1H. The summed E-state index contributed by atoms with van der Waals surface area (Å²) in [6.07, 6.45) is 6.52. The van der Waals surface area contributed by atoms with E-state index < -0.39 is 0 Å². The Morgan fingerprint density at radius 2 is 1.68 bits per heavy atom. The molecule has 2 N–H and O–H groups in total. The second-order valence-corrected chi connectivity index (χ2v) is 7.32. The van der Waals surface area contributed by atoms with Gasteiger partial charge in [0.25, 0.3) is 5.91 Å². The van der Waals surface area contributed by atoms with Gasteiger partial charge in [-0.05, 0) is 51.4 Å². The molecule has 0 fully saturated rings. The van der Waals surface area contributed by atoms with Gasteiger partial charge in [0.1, 0.15) is 5.75 Å². The van der Waals surface area contributed by atoms with Gasteiger partial charge in [-0.3, -0.25) is 4.79 Å². The highest BCUT2D eigenvalue weighted by Crippen LogP contribution is 2.12. The van der Waals surface area contributed by atoms with E-state index in [-0.39, 0.29) is 30.5 Å². The van der Waals surface area contributed by atoms with Crippen LogP contribution in [0.1, 0.15) is 65.4 Å². The molecule has 5 heteroatoms. The minimum Gasteiger partial charge on any atom is -0.484 e. The predicted octanol–water partition coefficient (Wildman–Crippen LogP) is 4.46. The zero-order chi connectivity index (χ0) is 17.8. The van der Waals surface area contributed by atoms with Crippen molar-refractivity contribution in [2.45, 2.75) is 71.9 Å². The number of carbonyl (C=O) groups is 1. The summed E-state index contributed by atoms with van der Waals surface area (Å²) in [5.41, 5.74) is 1.00. The fraction of sp³-hybridized carbons (Fsp3) is 0.650. The monoisotopic (exact) mass is 370 g/mol. The normalized spacial score (nSPS) is 10.9. The maximum atomic E-state index is 11.7. The number of ether oxygens (including phenoxy) is 1. The minimum absolute atomic E-state index is 0. The largest absolute Gasteiger partial charge is 0.484 e. The van der Waals surface area contributed by atoms with E-state index in [2.05, 4.69) is 17.6 Å². The highest BCUT2D eigenvalue weighted by atomic mass is 35.5. The molecule has 1 aromatic rings. The van der Waals surface area contributed by atoms with Gasteiger partial charge in [-0.15, -0.1) is 12.4 Å². The third-order valence-electron chi connectivity index (χ3n) is 3.59.